The molecule has 0 aromatic heterocycles. The lowest BCUT2D eigenvalue weighted by atomic mass is 9.53. The summed E-state index contributed by atoms with van der Waals surface area (Å²) in [6.45, 7) is 35.8. The van der Waals surface area contributed by atoms with Crippen molar-refractivity contribution >= 4 is 11.9 Å². The average Bonchev–Trinajstić information content (AvgIpc) is 3.23. The summed E-state index contributed by atoms with van der Waals surface area (Å²) in [6, 6.07) is 0. The van der Waals surface area contributed by atoms with Crippen molar-refractivity contribution < 1.29 is 75.9 Å². The van der Waals surface area contributed by atoms with Crippen molar-refractivity contribution in [3.63, 3.8) is 0 Å². The molecule has 0 aliphatic heterocycles. The molecular weight excluding hydrogens is 821 g/mol. The van der Waals surface area contributed by atoms with Crippen molar-refractivity contribution in [3.05, 3.63) is 70.4 Å². The predicted octanol–water partition coefficient (Wildman–Crippen LogP) is 8.43. The summed E-state index contributed by atoms with van der Waals surface area (Å²) >= 11 is 0. The molecule has 16 nitrogen and oxygen atoms in total. The minimum absolute atomic E-state index is 0.0142. The number of ether oxygens (including phenoxy) is 14. The zero-order valence-electron chi connectivity index (χ0n) is 40.9. The van der Waals surface area contributed by atoms with E-state index in [1.807, 2.05) is 13.8 Å². The van der Waals surface area contributed by atoms with Gasteiger partial charge in [0.2, 0.25) is 34.6 Å². The van der Waals surface area contributed by atoms with Gasteiger partial charge in [0.1, 0.15) is 0 Å². The Morgan fingerprint density at radius 3 is 0.873 bits per heavy atom. The summed E-state index contributed by atoms with van der Waals surface area (Å²) in [5.41, 5.74) is -5.96. The minimum atomic E-state index is -2.23. The van der Waals surface area contributed by atoms with Crippen LogP contribution >= 0.6 is 0 Å². The van der Waals surface area contributed by atoms with Gasteiger partial charge >= 0.3 is 11.9 Å². The fourth-order valence-corrected chi connectivity index (χ4v) is 8.30. The van der Waals surface area contributed by atoms with E-state index in [-0.39, 0.29) is 137 Å². The Labute approximate surface area is 375 Å². The van der Waals surface area contributed by atoms with Crippen LogP contribution in [-0.2, 0) is 75.9 Å². The van der Waals surface area contributed by atoms with E-state index in [1.54, 1.807) is 83.1 Å². The van der Waals surface area contributed by atoms with E-state index in [4.69, 9.17) is 66.3 Å². The molecule has 2 aliphatic carbocycles. The Morgan fingerprint density at radius 2 is 0.651 bits per heavy atom. The van der Waals surface area contributed by atoms with Crippen LogP contribution in [0.5, 0.6) is 0 Å². The fourth-order valence-electron chi connectivity index (χ4n) is 8.30. The van der Waals surface area contributed by atoms with Crippen LogP contribution in [0, 0.1) is 5.41 Å². The summed E-state index contributed by atoms with van der Waals surface area (Å²) < 4.78 is 94.9. The van der Waals surface area contributed by atoms with E-state index in [2.05, 4.69) is 13.2 Å². The number of esters is 2. The van der Waals surface area contributed by atoms with E-state index >= 15 is 0 Å². The lowest BCUT2D eigenvalue weighted by molar-refractivity contribution is -0.407. The van der Waals surface area contributed by atoms with Gasteiger partial charge in [0.15, 0.2) is 22.7 Å². The summed E-state index contributed by atoms with van der Waals surface area (Å²) in [7, 11) is 0. The first-order chi connectivity index (χ1) is 30.0. The van der Waals surface area contributed by atoms with Crippen LogP contribution in [0.4, 0.5) is 0 Å². The lowest BCUT2D eigenvalue weighted by Gasteiger charge is -2.65. The van der Waals surface area contributed by atoms with Crippen LogP contribution in [-0.4, -0.2) is 114 Å². The molecule has 0 fully saturated rings. The van der Waals surface area contributed by atoms with Crippen LogP contribution in [0.15, 0.2) is 70.4 Å². The summed E-state index contributed by atoms with van der Waals surface area (Å²) in [4.78, 5) is 27.3. The van der Waals surface area contributed by atoms with Crippen molar-refractivity contribution in [2.45, 2.75) is 134 Å². The van der Waals surface area contributed by atoms with Crippen molar-refractivity contribution in [2.24, 2.45) is 5.41 Å². The SMILES string of the molecule is C=C(C)C(=O)OC1=C(OCC)C(OCC)(OCC)C(OCC)(C(C)(C)C2(OCC)C(OCC)=C(OCC)C(OC(=O)C(=C)C)=C(OCC)C2(OCC)OCC)C(OCC)=C1OCC. The lowest BCUT2D eigenvalue weighted by Crippen LogP contribution is -2.81. The van der Waals surface area contributed by atoms with E-state index in [9.17, 15) is 9.59 Å². The standard InChI is InChI=1S/C47H76O16/c1-19-50-33-35(62-41(48)31(13)14)39(54-23-5)46(58-27-9,59-28-10)44(56-25-7,37(33)52-21-3)43(17,18)45(57-26-8)38(53-22-4)34(51-20-2)36(63-42(49)32(15)16)40(55-24-6)47(45,60-29-11)61-30-12/h13,15,19-30H2,1-12,14,16-18H3. The van der Waals surface area contributed by atoms with Gasteiger partial charge < -0.3 is 66.3 Å². The Hall–Kier alpha value is -4.06. The summed E-state index contributed by atoms with van der Waals surface area (Å²) in [5.74, 6) is -6.78. The molecule has 0 N–H and O–H groups in total. The highest BCUT2D eigenvalue weighted by Crippen LogP contribution is 2.68. The highest BCUT2D eigenvalue weighted by molar-refractivity contribution is 5.88. The highest BCUT2D eigenvalue weighted by atomic mass is 16.8. The third-order valence-electron chi connectivity index (χ3n) is 10.1. The zero-order chi connectivity index (χ0) is 47.8. The van der Waals surface area contributed by atoms with Gasteiger partial charge in [-0.2, -0.15) is 0 Å². The first kappa shape index (κ1) is 55.1. The van der Waals surface area contributed by atoms with Gasteiger partial charge in [-0.15, -0.1) is 0 Å². The first-order valence-electron chi connectivity index (χ1n) is 22.3. The topological polar surface area (TPSA) is 163 Å². The molecule has 2 aliphatic rings. The second-order valence-corrected chi connectivity index (χ2v) is 14.4. The summed E-state index contributed by atoms with van der Waals surface area (Å²) in [6.07, 6.45) is 0. The normalized spacial score (nSPS) is 21.0. The number of carbonyl (C=O) groups is 2. The van der Waals surface area contributed by atoms with Gasteiger partial charge in [-0.25, -0.2) is 9.59 Å². The monoisotopic (exact) mass is 897 g/mol. The summed E-state index contributed by atoms with van der Waals surface area (Å²) in [5, 5.41) is 0. The maximum Gasteiger partial charge on any atom is 0.338 e. The maximum atomic E-state index is 13.7. The van der Waals surface area contributed by atoms with Crippen molar-refractivity contribution in [2.75, 3.05) is 79.3 Å². The molecule has 0 heterocycles. The minimum Gasteiger partial charge on any atom is -0.491 e. The largest absolute Gasteiger partial charge is 0.491 e. The van der Waals surface area contributed by atoms with E-state index < -0.39 is 40.1 Å². The van der Waals surface area contributed by atoms with Gasteiger partial charge in [0.25, 0.3) is 11.6 Å². The van der Waals surface area contributed by atoms with Gasteiger partial charge in [0.05, 0.1) is 39.6 Å². The smallest absolute Gasteiger partial charge is 0.338 e. The molecular formula is C47H76O16. The van der Waals surface area contributed by atoms with Crippen LogP contribution < -0.4 is 0 Å². The van der Waals surface area contributed by atoms with E-state index in [1.165, 1.54) is 13.8 Å². The second kappa shape index (κ2) is 24.3. The van der Waals surface area contributed by atoms with Crippen LogP contribution in [0.1, 0.15) is 111 Å². The number of hydrogen-bond acceptors (Lipinski definition) is 16. The van der Waals surface area contributed by atoms with Crippen LogP contribution in [0.25, 0.3) is 0 Å². The van der Waals surface area contributed by atoms with Crippen molar-refractivity contribution in [3.8, 4) is 0 Å². The molecule has 0 radical (unpaired) electrons. The molecule has 2 atom stereocenters. The third kappa shape index (κ3) is 9.53. The number of carbonyl (C=O) groups excluding carboxylic acids is 2. The van der Waals surface area contributed by atoms with Gasteiger partial charge in [-0.1, -0.05) is 27.0 Å². The molecule has 0 aromatic rings. The quantitative estimate of drug-likeness (QED) is 0.0383. The van der Waals surface area contributed by atoms with Gasteiger partial charge in [0, 0.05) is 56.2 Å². The molecule has 16 heteroatoms. The number of rotatable bonds is 30. The Bertz CT molecular complexity index is 1590. The molecule has 0 saturated heterocycles. The molecule has 2 rings (SSSR count). The zero-order valence-corrected chi connectivity index (χ0v) is 40.9. The number of hydrogen-bond donors (Lipinski definition) is 0. The average molecular weight is 897 g/mol. The predicted molar refractivity (Wildman–Crippen MR) is 234 cm³/mol. The molecule has 0 amide bonds. The van der Waals surface area contributed by atoms with Gasteiger partial charge in [-0.05, 0) is 96.9 Å². The molecule has 360 valence electrons. The molecule has 0 spiro atoms. The molecule has 2 unspecified atom stereocenters. The fraction of sp³-hybridized carbons (Fsp3) is 0.702. The van der Waals surface area contributed by atoms with Crippen LogP contribution in [0.3, 0.4) is 0 Å². The van der Waals surface area contributed by atoms with Gasteiger partial charge in [-0.3, -0.25) is 0 Å². The molecule has 0 bridgehead atoms. The van der Waals surface area contributed by atoms with Crippen molar-refractivity contribution in [1.29, 1.82) is 0 Å². The van der Waals surface area contributed by atoms with E-state index in [0.29, 0.717) is 0 Å². The second-order valence-electron chi connectivity index (χ2n) is 14.4. The Balaban J connectivity index is 3.90. The molecule has 63 heavy (non-hydrogen) atoms. The highest BCUT2D eigenvalue weighted by Gasteiger charge is 2.84. The Morgan fingerprint density at radius 1 is 0.397 bits per heavy atom. The molecule has 0 saturated carbocycles. The van der Waals surface area contributed by atoms with Crippen LogP contribution in [0.2, 0.25) is 0 Å². The maximum absolute atomic E-state index is 13.7. The Kier molecular flexibility index (Phi) is 21.2. The first-order valence-corrected chi connectivity index (χ1v) is 22.3. The molecule has 0 aromatic carbocycles. The van der Waals surface area contributed by atoms with Crippen molar-refractivity contribution in [1.82, 2.24) is 0 Å². The van der Waals surface area contributed by atoms with E-state index in [0.717, 1.165) is 0 Å². The third-order valence-corrected chi connectivity index (χ3v) is 10.1.